The van der Waals surface area contributed by atoms with Gasteiger partial charge in [-0.15, -0.1) is 0 Å². The number of rotatable bonds is 5. The first-order valence-electron chi connectivity index (χ1n) is 6.91. The number of primary amides is 1. The molecule has 0 aliphatic carbocycles. The van der Waals surface area contributed by atoms with E-state index in [9.17, 15) is 9.59 Å². The number of nitrogens with one attached hydrogen (secondary N) is 1. The molecule has 5 nitrogen and oxygen atoms in total. The molecule has 2 amide bonds. The van der Waals surface area contributed by atoms with Gasteiger partial charge >= 0.3 is 0 Å². The van der Waals surface area contributed by atoms with E-state index in [4.69, 9.17) is 10.5 Å². The fourth-order valence-electron chi connectivity index (χ4n) is 2.03. The summed E-state index contributed by atoms with van der Waals surface area (Å²) in [6.45, 7) is 3.40. The van der Waals surface area contributed by atoms with Gasteiger partial charge in [-0.1, -0.05) is 24.3 Å². The average molecular weight is 298 g/mol. The molecule has 5 heteroatoms. The van der Waals surface area contributed by atoms with E-state index in [0.29, 0.717) is 22.6 Å². The van der Waals surface area contributed by atoms with Gasteiger partial charge in [0.2, 0.25) is 5.91 Å². The number of nitrogens with two attached hydrogens (primary N) is 1. The van der Waals surface area contributed by atoms with E-state index >= 15 is 0 Å². The Morgan fingerprint density at radius 1 is 1.09 bits per heavy atom. The van der Waals surface area contributed by atoms with Crippen LogP contribution in [-0.2, 0) is 4.79 Å². The zero-order chi connectivity index (χ0) is 16.1. The van der Waals surface area contributed by atoms with Crippen molar-refractivity contribution in [2.24, 2.45) is 5.73 Å². The smallest absolute Gasteiger partial charge is 0.265 e. The number of ether oxygens (including phenoxy) is 1. The zero-order valence-corrected chi connectivity index (χ0v) is 12.5. The fourth-order valence-corrected chi connectivity index (χ4v) is 2.03. The van der Waals surface area contributed by atoms with Crippen molar-refractivity contribution in [1.29, 1.82) is 0 Å². The van der Waals surface area contributed by atoms with Gasteiger partial charge in [0.15, 0.2) is 6.10 Å². The largest absolute Gasteiger partial charge is 0.481 e. The number of benzene rings is 2. The lowest BCUT2D eigenvalue weighted by atomic mass is 10.1. The molecule has 22 heavy (non-hydrogen) atoms. The van der Waals surface area contributed by atoms with Crippen LogP contribution in [0, 0.1) is 6.92 Å². The summed E-state index contributed by atoms with van der Waals surface area (Å²) in [5.74, 6) is -0.205. The summed E-state index contributed by atoms with van der Waals surface area (Å²) in [6.07, 6.45) is -0.668. The lowest BCUT2D eigenvalue weighted by molar-refractivity contribution is -0.122. The Kier molecular flexibility index (Phi) is 4.78. The number of anilines is 1. The van der Waals surface area contributed by atoms with E-state index < -0.39 is 12.0 Å². The number of carbonyl (C=O) groups is 2. The van der Waals surface area contributed by atoms with Crippen molar-refractivity contribution in [2.45, 2.75) is 20.0 Å². The van der Waals surface area contributed by atoms with Crippen molar-refractivity contribution in [2.75, 3.05) is 5.32 Å². The first-order chi connectivity index (χ1) is 10.5. The van der Waals surface area contributed by atoms with Gasteiger partial charge in [-0.05, 0) is 43.7 Å². The van der Waals surface area contributed by atoms with E-state index in [-0.39, 0.29) is 5.91 Å². The van der Waals surface area contributed by atoms with Gasteiger partial charge in [-0.2, -0.15) is 0 Å². The fraction of sp³-hybridized carbons (Fsp3) is 0.176. The van der Waals surface area contributed by atoms with E-state index in [0.717, 1.165) is 0 Å². The summed E-state index contributed by atoms with van der Waals surface area (Å²) in [4.78, 5) is 23.5. The van der Waals surface area contributed by atoms with Crippen molar-refractivity contribution in [3.05, 3.63) is 59.7 Å². The first-order valence-corrected chi connectivity index (χ1v) is 6.91. The summed E-state index contributed by atoms with van der Waals surface area (Å²) >= 11 is 0. The highest BCUT2D eigenvalue weighted by Gasteiger charge is 2.17. The molecule has 1 atom stereocenters. The number of hydrogen-bond donors (Lipinski definition) is 2. The van der Waals surface area contributed by atoms with Crippen LogP contribution in [0.2, 0.25) is 0 Å². The van der Waals surface area contributed by atoms with Crippen LogP contribution in [0.5, 0.6) is 5.75 Å². The molecule has 0 fully saturated rings. The normalized spacial score (nSPS) is 11.5. The second kappa shape index (κ2) is 6.76. The van der Waals surface area contributed by atoms with Gasteiger partial charge in [0.1, 0.15) is 5.75 Å². The minimum Gasteiger partial charge on any atom is -0.481 e. The van der Waals surface area contributed by atoms with Gasteiger partial charge in [0.05, 0.1) is 0 Å². The summed E-state index contributed by atoms with van der Waals surface area (Å²) in [5.41, 5.74) is 6.86. The monoisotopic (exact) mass is 298 g/mol. The summed E-state index contributed by atoms with van der Waals surface area (Å²) in [5, 5.41) is 2.75. The topological polar surface area (TPSA) is 81.4 Å². The molecular weight excluding hydrogens is 280 g/mol. The van der Waals surface area contributed by atoms with Crippen LogP contribution in [0.4, 0.5) is 5.69 Å². The Bertz CT molecular complexity index is 684. The second-order valence-electron chi connectivity index (χ2n) is 4.90. The van der Waals surface area contributed by atoms with Crippen molar-refractivity contribution >= 4 is 17.5 Å². The van der Waals surface area contributed by atoms with Crippen molar-refractivity contribution in [3.63, 3.8) is 0 Å². The molecule has 0 aliphatic rings. The highest BCUT2D eigenvalue weighted by atomic mass is 16.5. The molecular formula is C17H18N2O3. The van der Waals surface area contributed by atoms with Gasteiger partial charge in [-0.3, -0.25) is 9.59 Å². The highest BCUT2D eigenvalue weighted by Crippen LogP contribution is 2.19. The third kappa shape index (κ3) is 3.63. The second-order valence-corrected chi connectivity index (χ2v) is 4.90. The van der Waals surface area contributed by atoms with Crippen LogP contribution in [0.1, 0.15) is 22.8 Å². The highest BCUT2D eigenvalue weighted by molar-refractivity contribution is 5.99. The lowest BCUT2D eigenvalue weighted by Crippen LogP contribution is -2.30. The number of para-hydroxylation sites is 1. The Morgan fingerprint density at radius 2 is 1.77 bits per heavy atom. The molecule has 0 bridgehead atoms. The quantitative estimate of drug-likeness (QED) is 0.889. The molecule has 2 aromatic rings. The molecule has 0 saturated carbocycles. The van der Waals surface area contributed by atoms with Gasteiger partial charge < -0.3 is 15.8 Å². The Labute approximate surface area is 129 Å². The van der Waals surface area contributed by atoms with E-state index in [1.54, 1.807) is 44.2 Å². The van der Waals surface area contributed by atoms with Gasteiger partial charge in [0, 0.05) is 11.3 Å². The molecule has 0 aromatic heterocycles. The third-order valence-electron chi connectivity index (χ3n) is 3.28. The molecule has 0 radical (unpaired) electrons. The minimum absolute atomic E-state index is 0.298. The van der Waals surface area contributed by atoms with Crippen molar-refractivity contribution in [1.82, 2.24) is 0 Å². The summed E-state index contributed by atoms with van der Waals surface area (Å²) in [7, 11) is 0. The van der Waals surface area contributed by atoms with E-state index in [1.807, 2.05) is 18.2 Å². The molecule has 0 saturated heterocycles. The maximum absolute atomic E-state index is 12.2. The molecule has 2 rings (SSSR count). The maximum atomic E-state index is 12.2. The predicted octanol–water partition coefficient (Wildman–Crippen LogP) is 2.50. The Balaban J connectivity index is 2.09. The molecule has 3 N–H and O–H groups in total. The zero-order valence-electron chi connectivity index (χ0n) is 12.5. The molecule has 2 aromatic carbocycles. The number of amides is 2. The summed E-state index contributed by atoms with van der Waals surface area (Å²) in [6, 6.07) is 14.1. The first kappa shape index (κ1) is 15.6. The average Bonchev–Trinajstić information content (AvgIpc) is 2.50. The molecule has 0 heterocycles. The standard InChI is InChI=1S/C17H18N2O3/c1-11-14(16(18)20)9-6-10-15(11)19-17(21)12(2)22-13-7-4-3-5-8-13/h3-10,12H,1-2H3,(H2,18,20)(H,19,21)/t12-/m1/s1. The van der Waals surface area contributed by atoms with Crippen LogP contribution in [0.25, 0.3) is 0 Å². The predicted molar refractivity (Wildman–Crippen MR) is 84.9 cm³/mol. The Hall–Kier alpha value is -2.82. The SMILES string of the molecule is Cc1c(NC(=O)[C@@H](C)Oc2ccccc2)cccc1C(N)=O. The molecule has 114 valence electrons. The van der Waals surface area contributed by atoms with E-state index in [2.05, 4.69) is 5.32 Å². The van der Waals surface area contributed by atoms with Crippen LogP contribution >= 0.6 is 0 Å². The van der Waals surface area contributed by atoms with Crippen molar-refractivity contribution in [3.8, 4) is 5.75 Å². The van der Waals surface area contributed by atoms with Crippen LogP contribution in [0.3, 0.4) is 0 Å². The minimum atomic E-state index is -0.668. The van der Waals surface area contributed by atoms with Crippen molar-refractivity contribution < 1.29 is 14.3 Å². The summed E-state index contributed by atoms with van der Waals surface area (Å²) < 4.78 is 5.56. The van der Waals surface area contributed by atoms with Gasteiger partial charge in [-0.25, -0.2) is 0 Å². The van der Waals surface area contributed by atoms with Gasteiger partial charge in [0.25, 0.3) is 5.91 Å². The molecule has 0 spiro atoms. The van der Waals surface area contributed by atoms with Crippen LogP contribution in [-0.4, -0.2) is 17.9 Å². The molecule has 0 unspecified atom stereocenters. The molecule has 0 aliphatic heterocycles. The van der Waals surface area contributed by atoms with E-state index in [1.165, 1.54) is 0 Å². The number of carbonyl (C=O) groups excluding carboxylic acids is 2. The van der Waals surface area contributed by atoms with Crippen LogP contribution < -0.4 is 15.8 Å². The lowest BCUT2D eigenvalue weighted by Gasteiger charge is -2.16. The van der Waals surface area contributed by atoms with Crippen LogP contribution in [0.15, 0.2) is 48.5 Å². The third-order valence-corrected chi connectivity index (χ3v) is 3.28. The number of hydrogen-bond acceptors (Lipinski definition) is 3. The Morgan fingerprint density at radius 3 is 2.41 bits per heavy atom. The maximum Gasteiger partial charge on any atom is 0.265 e.